The number of halogens is 3. The van der Waals surface area contributed by atoms with Crippen molar-refractivity contribution in [1.82, 2.24) is 4.90 Å². The fraction of sp³-hybridized carbons (Fsp3) is 0.462. The highest BCUT2D eigenvalue weighted by atomic mass is 79.9. The monoisotopic (exact) mass is 333 g/mol. The van der Waals surface area contributed by atoms with Crippen LogP contribution in [0.2, 0.25) is 0 Å². The van der Waals surface area contributed by atoms with Crippen molar-refractivity contribution in [3.8, 4) is 0 Å². The van der Waals surface area contributed by atoms with Crippen molar-refractivity contribution in [3.05, 3.63) is 34.1 Å². The maximum Gasteiger partial charge on any atom is 0.245 e. The number of benzene rings is 1. The van der Waals surface area contributed by atoms with Crippen LogP contribution in [0.15, 0.2) is 22.7 Å². The molecule has 0 bridgehead atoms. The SMILES string of the molecule is O=C(C(Cl)c1ccc(F)c(Br)c1)N1CCCCC1. The van der Waals surface area contributed by atoms with E-state index in [2.05, 4.69) is 15.9 Å². The first-order valence-electron chi connectivity index (χ1n) is 5.97. The summed E-state index contributed by atoms with van der Waals surface area (Å²) in [6.07, 6.45) is 3.23. The van der Waals surface area contributed by atoms with E-state index in [0.29, 0.717) is 10.0 Å². The summed E-state index contributed by atoms with van der Waals surface area (Å²) >= 11 is 9.28. The third kappa shape index (κ3) is 3.04. The highest BCUT2D eigenvalue weighted by Gasteiger charge is 2.25. The Morgan fingerprint density at radius 2 is 2.00 bits per heavy atom. The number of amides is 1. The number of hydrogen-bond acceptors (Lipinski definition) is 1. The van der Waals surface area contributed by atoms with Crippen LogP contribution >= 0.6 is 27.5 Å². The molecule has 1 aliphatic heterocycles. The van der Waals surface area contributed by atoms with E-state index in [1.807, 2.05) is 0 Å². The lowest BCUT2D eigenvalue weighted by Gasteiger charge is -2.28. The van der Waals surface area contributed by atoms with Crippen LogP contribution in [0.4, 0.5) is 4.39 Å². The third-order valence-corrected chi connectivity index (χ3v) is 4.17. The van der Waals surface area contributed by atoms with Crippen molar-refractivity contribution in [2.24, 2.45) is 0 Å². The molecule has 1 amide bonds. The Labute approximate surface area is 119 Å². The molecule has 18 heavy (non-hydrogen) atoms. The van der Waals surface area contributed by atoms with E-state index in [0.717, 1.165) is 25.9 Å². The zero-order valence-electron chi connectivity index (χ0n) is 9.83. The molecule has 1 unspecified atom stereocenters. The fourth-order valence-corrected chi connectivity index (χ4v) is 2.76. The van der Waals surface area contributed by atoms with E-state index in [4.69, 9.17) is 11.6 Å². The molecule has 0 N–H and O–H groups in total. The van der Waals surface area contributed by atoms with Crippen LogP contribution in [-0.4, -0.2) is 23.9 Å². The van der Waals surface area contributed by atoms with Gasteiger partial charge in [-0.15, -0.1) is 11.6 Å². The first-order chi connectivity index (χ1) is 8.59. The van der Waals surface area contributed by atoms with Crippen molar-refractivity contribution in [1.29, 1.82) is 0 Å². The smallest absolute Gasteiger partial charge is 0.245 e. The molecular formula is C13H14BrClFNO. The van der Waals surface area contributed by atoms with Crippen LogP contribution in [0, 0.1) is 5.82 Å². The van der Waals surface area contributed by atoms with Gasteiger partial charge in [-0.25, -0.2) is 4.39 Å². The van der Waals surface area contributed by atoms with Gasteiger partial charge in [-0.2, -0.15) is 0 Å². The summed E-state index contributed by atoms with van der Waals surface area (Å²) in [4.78, 5) is 14.0. The van der Waals surface area contributed by atoms with E-state index >= 15 is 0 Å². The summed E-state index contributed by atoms with van der Waals surface area (Å²) in [5, 5.41) is -0.736. The van der Waals surface area contributed by atoms with Crippen LogP contribution < -0.4 is 0 Å². The Morgan fingerprint density at radius 3 is 2.61 bits per heavy atom. The molecule has 1 aromatic rings. The van der Waals surface area contributed by atoms with Gasteiger partial charge in [-0.1, -0.05) is 6.07 Å². The van der Waals surface area contributed by atoms with Crippen molar-refractivity contribution in [2.45, 2.75) is 24.6 Å². The van der Waals surface area contributed by atoms with Gasteiger partial charge in [-0.3, -0.25) is 4.79 Å². The minimum Gasteiger partial charge on any atom is -0.341 e. The van der Waals surface area contributed by atoms with Gasteiger partial charge < -0.3 is 4.90 Å². The number of hydrogen-bond donors (Lipinski definition) is 0. The average Bonchev–Trinajstić information content (AvgIpc) is 2.41. The van der Waals surface area contributed by atoms with E-state index in [9.17, 15) is 9.18 Å². The minimum absolute atomic E-state index is 0.0881. The Bertz CT molecular complexity index is 449. The molecule has 2 rings (SSSR count). The summed E-state index contributed by atoms with van der Waals surface area (Å²) in [5.41, 5.74) is 0.625. The largest absolute Gasteiger partial charge is 0.341 e. The number of likely N-dealkylation sites (tertiary alicyclic amines) is 1. The molecule has 0 aromatic heterocycles. The second kappa shape index (κ2) is 6.02. The van der Waals surface area contributed by atoms with Gasteiger partial charge in [0.2, 0.25) is 5.91 Å². The van der Waals surface area contributed by atoms with Gasteiger partial charge in [0, 0.05) is 13.1 Å². The topological polar surface area (TPSA) is 20.3 Å². The molecule has 5 heteroatoms. The van der Waals surface area contributed by atoms with Gasteiger partial charge in [0.25, 0.3) is 0 Å². The molecule has 1 atom stereocenters. The number of piperidine rings is 1. The summed E-state index contributed by atoms with van der Waals surface area (Å²) in [7, 11) is 0. The molecule has 2 nitrogen and oxygen atoms in total. The Balaban J connectivity index is 2.11. The molecule has 1 heterocycles. The van der Waals surface area contributed by atoms with E-state index in [-0.39, 0.29) is 11.7 Å². The van der Waals surface area contributed by atoms with E-state index in [1.165, 1.54) is 12.5 Å². The van der Waals surface area contributed by atoms with Crippen molar-refractivity contribution >= 4 is 33.4 Å². The molecule has 0 spiro atoms. The van der Waals surface area contributed by atoms with Crippen LogP contribution in [0.3, 0.4) is 0 Å². The quantitative estimate of drug-likeness (QED) is 0.752. The number of carbonyl (C=O) groups is 1. The molecule has 0 aliphatic carbocycles. The minimum atomic E-state index is -0.736. The fourth-order valence-electron chi connectivity index (χ4n) is 2.09. The van der Waals surface area contributed by atoms with Gasteiger partial charge >= 0.3 is 0 Å². The maximum absolute atomic E-state index is 13.1. The number of carbonyl (C=O) groups excluding carboxylic acids is 1. The standard InChI is InChI=1S/C13H14BrClFNO/c14-10-8-9(4-5-11(10)16)12(15)13(18)17-6-2-1-3-7-17/h4-5,8,12H,1-3,6-7H2. The molecule has 1 saturated heterocycles. The summed E-state index contributed by atoms with van der Waals surface area (Å²) in [6, 6.07) is 4.44. The second-order valence-electron chi connectivity index (χ2n) is 4.42. The van der Waals surface area contributed by atoms with Gasteiger partial charge in [0.05, 0.1) is 4.47 Å². The maximum atomic E-state index is 13.1. The predicted molar refractivity (Wildman–Crippen MR) is 73.1 cm³/mol. The Kier molecular flexibility index (Phi) is 4.62. The average molecular weight is 335 g/mol. The van der Waals surface area contributed by atoms with Crippen molar-refractivity contribution in [3.63, 3.8) is 0 Å². The zero-order chi connectivity index (χ0) is 13.1. The number of rotatable bonds is 2. The van der Waals surface area contributed by atoms with E-state index < -0.39 is 5.38 Å². The molecule has 1 fully saturated rings. The first-order valence-corrected chi connectivity index (χ1v) is 7.20. The van der Waals surface area contributed by atoms with Crippen molar-refractivity contribution in [2.75, 3.05) is 13.1 Å². The zero-order valence-corrected chi connectivity index (χ0v) is 12.2. The molecule has 0 saturated carbocycles. The van der Waals surface area contributed by atoms with Crippen LogP contribution in [0.25, 0.3) is 0 Å². The van der Waals surface area contributed by atoms with Crippen LogP contribution in [-0.2, 0) is 4.79 Å². The second-order valence-corrected chi connectivity index (χ2v) is 5.71. The Hall–Kier alpha value is -0.610. The van der Waals surface area contributed by atoms with Gasteiger partial charge in [-0.05, 0) is 52.9 Å². The van der Waals surface area contributed by atoms with Crippen molar-refractivity contribution < 1.29 is 9.18 Å². The Morgan fingerprint density at radius 1 is 1.33 bits per heavy atom. The lowest BCUT2D eigenvalue weighted by Crippen LogP contribution is -2.37. The molecular weight excluding hydrogens is 321 g/mol. The van der Waals surface area contributed by atoms with Gasteiger partial charge in [0.15, 0.2) is 0 Å². The highest BCUT2D eigenvalue weighted by Crippen LogP contribution is 2.28. The summed E-state index contributed by atoms with van der Waals surface area (Å²) in [6.45, 7) is 1.54. The summed E-state index contributed by atoms with van der Waals surface area (Å²) in [5.74, 6) is -0.442. The lowest BCUT2D eigenvalue weighted by atomic mass is 10.1. The van der Waals surface area contributed by atoms with Crippen LogP contribution in [0.5, 0.6) is 0 Å². The first kappa shape index (κ1) is 13.8. The number of alkyl halides is 1. The lowest BCUT2D eigenvalue weighted by molar-refractivity contribution is -0.131. The van der Waals surface area contributed by atoms with Crippen LogP contribution in [0.1, 0.15) is 30.2 Å². The molecule has 1 aromatic carbocycles. The predicted octanol–water partition coefficient (Wildman–Crippen LogP) is 3.88. The van der Waals surface area contributed by atoms with E-state index in [1.54, 1.807) is 17.0 Å². The summed E-state index contributed by atoms with van der Waals surface area (Å²) < 4.78 is 13.5. The normalized spacial score (nSPS) is 17.6. The van der Waals surface area contributed by atoms with Gasteiger partial charge in [0.1, 0.15) is 11.2 Å². The number of nitrogens with zero attached hydrogens (tertiary/aromatic N) is 1. The molecule has 0 radical (unpaired) electrons. The highest BCUT2D eigenvalue weighted by molar-refractivity contribution is 9.10. The molecule has 98 valence electrons. The third-order valence-electron chi connectivity index (χ3n) is 3.12. The molecule has 1 aliphatic rings.